The van der Waals surface area contributed by atoms with E-state index in [2.05, 4.69) is 21.2 Å². The minimum absolute atomic E-state index is 0.0167. The van der Waals surface area contributed by atoms with E-state index in [0.717, 1.165) is 6.07 Å². The Hall–Kier alpha value is -0.750. The number of hydrogen-bond donors (Lipinski definition) is 2. The molecule has 2 N–H and O–H groups in total. The van der Waals surface area contributed by atoms with Gasteiger partial charge in [0.1, 0.15) is 0 Å². The molecule has 0 aliphatic heterocycles. The van der Waals surface area contributed by atoms with Crippen LogP contribution in [0, 0.1) is 0 Å². The van der Waals surface area contributed by atoms with Gasteiger partial charge in [0.2, 0.25) is 0 Å². The Morgan fingerprint density at radius 1 is 1.28 bits per heavy atom. The monoisotopic (exact) mass is 325 g/mol. The second kappa shape index (κ2) is 5.48. The molecule has 0 spiro atoms. The van der Waals surface area contributed by atoms with Gasteiger partial charge in [0.05, 0.1) is 11.2 Å². The second-order valence-corrected chi connectivity index (χ2v) is 5.54. The highest BCUT2D eigenvalue weighted by atomic mass is 79.9. The summed E-state index contributed by atoms with van der Waals surface area (Å²) in [7, 11) is 0. The first-order chi connectivity index (χ1) is 8.09. The van der Waals surface area contributed by atoms with Gasteiger partial charge < -0.3 is 10.4 Å². The molecule has 0 bridgehead atoms. The molecule has 0 fully saturated rings. The Kier molecular flexibility index (Phi) is 4.66. The van der Waals surface area contributed by atoms with E-state index in [1.54, 1.807) is 19.9 Å². The van der Waals surface area contributed by atoms with Gasteiger partial charge in [0.15, 0.2) is 0 Å². The number of benzene rings is 1. The lowest BCUT2D eigenvalue weighted by molar-refractivity contribution is -0.138. The fourth-order valence-corrected chi connectivity index (χ4v) is 1.84. The minimum Gasteiger partial charge on any atom is -0.390 e. The van der Waals surface area contributed by atoms with E-state index < -0.39 is 17.3 Å². The second-order valence-electron chi connectivity index (χ2n) is 4.68. The smallest absolute Gasteiger partial charge is 0.390 e. The van der Waals surface area contributed by atoms with Crippen molar-refractivity contribution in [3.8, 4) is 0 Å². The van der Waals surface area contributed by atoms with Gasteiger partial charge in [0.25, 0.3) is 0 Å². The van der Waals surface area contributed by atoms with Crippen molar-refractivity contribution in [1.82, 2.24) is 0 Å². The zero-order valence-electron chi connectivity index (χ0n) is 10.1. The number of aliphatic hydroxyl groups is 1. The Labute approximate surface area is 112 Å². The molecule has 1 aromatic carbocycles. The number of anilines is 1. The number of halogens is 4. The summed E-state index contributed by atoms with van der Waals surface area (Å²) in [6.07, 6.45) is -3.93. The van der Waals surface area contributed by atoms with E-state index in [0.29, 0.717) is 18.7 Å². The van der Waals surface area contributed by atoms with Crippen LogP contribution in [0.4, 0.5) is 18.9 Å². The molecule has 0 unspecified atom stereocenters. The average Bonchev–Trinajstić information content (AvgIpc) is 2.17. The maximum atomic E-state index is 12.6. The summed E-state index contributed by atoms with van der Waals surface area (Å²) in [5.41, 5.74) is -1.17. The van der Waals surface area contributed by atoms with E-state index in [1.807, 2.05) is 0 Å². The molecule has 0 atom stereocenters. The quantitative estimate of drug-likeness (QED) is 0.875. The zero-order chi connectivity index (χ0) is 14.0. The minimum atomic E-state index is -4.38. The van der Waals surface area contributed by atoms with E-state index in [-0.39, 0.29) is 4.47 Å². The Morgan fingerprint density at radius 3 is 2.39 bits per heavy atom. The molecule has 0 heterocycles. The Bertz CT molecular complexity index is 413. The molecule has 0 saturated heterocycles. The van der Waals surface area contributed by atoms with Crippen LogP contribution >= 0.6 is 15.9 Å². The van der Waals surface area contributed by atoms with Crippen molar-refractivity contribution in [2.24, 2.45) is 0 Å². The number of rotatable bonds is 4. The van der Waals surface area contributed by atoms with Crippen LogP contribution in [-0.4, -0.2) is 17.3 Å². The van der Waals surface area contributed by atoms with Crippen LogP contribution in [0.2, 0.25) is 0 Å². The van der Waals surface area contributed by atoms with Crippen molar-refractivity contribution in [2.45, 2.75) is 32.0 Å². The molecule has 1 rings (SSSR count). The molecule has 0 amide bonds. The molecule has 1 aromatic rings. The van der Waals surface area contributed by atoms with Crippen LogP contribution in [0.15, 0.2) is 22.7 Å². The molecule has 6 heteroatoms. The average molecular weight is 326 g/mol. The number of alkyl halides is 3. The zero-order valence-corrected chi connectivity index (χ0v) is 11.7. The van der Waals surface area contributed by atoms with E-state index >= 15 is 0 Å². The normalized spacial score (nSPS) is 12.6. The molecular formula is C12H15BrF3NO. The molecule has 102 valence electrons. The van der Waals surface area contributed by atoms with Crippen LogP contribution in [0.5, 0.6) is 0 Å². The number of hydrogen-bond acceptors (Lipinski definition) is 2. The molecule has 0 aliphatic carbocycles. The fraction of sp³-hybridized carbons (Fsp3) is 0.500. The summed E-state index contributed by atoms with van der Waals surface area (Å²) in [5, 5.41) is 12.4. The van der Waals surface area contributed by atoms with Gasteiger partial charge in [-0.15, -0.1) is 0 Å². The largest absolute Gasteiger partial charge is 0.417 e. The van der Waals surface area contributed by atoms with E-state index in [1.165, 1.54) is 6.07 Å². The van der Waals surface area contributed by atoms with Crippen molar-refractivity contribution in [3.63, 3.8) is 0 Å². The van der Waals surface area contributed by atoms with Crippen molar-refractivity contribution >= 4 is 21.6 Å². The maximum Gasteiger partial charge on any atom is 0.417 e. The first kappa shape index (κ1) is 15.3. The molecule has 0 radical (unpaired) electrons. The molecule has 0 aromatic heterocycles. The standard InChI is InChI=1S/C12H15BrF3NO/c1-11(2,18)5-6-17-8-3-4-10(13)9(7-8)12(14,15)16/h3-4,7,17-18H,5-6H2,1-2H3. The van der Waals surface area contributed by atoms with Gasteiger partial charge in [-0.3, -0.25) is 0 Å². The van der Waals surface area contributed by atoms with Crippen LogP contribution in [-0.2, 0) is 6.18 Å². The third kappa shape index (κ3) is 4.86. The summed E-state index contributed by atoms with van der Waals surface area (Å²) in [5.74, 6) is 0. The molecular weight excluding hydrogens is 311 g/mol. The molecule has 18 heavy (non-hydrogen) atoms. The van der Waals surface area contributed by atoms with Crippen molar-refractivity contribution in [3.05, 3.63) is 28.2 Å². The third-order valence-electron chi connectivity index (χ3n) is 2.34. The summed E-state index contributed by atoms with van der Waals surface area (Å²) < 4.78 is 37.9. The van der Waals surface area contributed by atoms with Crippen molar-refractivity contribution in [2.75, 3.05) is 11.9 Å². The van der Waals surface area contributed by atoms with Crippen molar-refractivity contribution < 1.29 is 18.3 Å². The van der Waals surface area contributed by atoms with Crippen LogP contribution in [0.1, 0.15) is 25.8 Å². The van der Waals surface area contributed by atoms with Gasteiger partial charge in [-0.05, 0) is 38.5 Å². The van der Waals surface area contributed by atoms with E-state index in [4.69, 9.17) is 0 Å². The lowest BCUT2D eigenvalue weighted by atomic mass is 10.1. The lowest BCUT2D eigenvalue weighted by Crippen LogP contribution is -2.22. The summed E-state index contributed by atoms with van der Waals surface area (Å²) in [4.78, 5) is 0. The predicted molar refractivity (Wildman–Crippen MR) is 68.5 cm³/mol. The lowest BCUT2D eigenvalue weighted by Gasteiger charge is -2.18. The van der Waals surface area contributed by atoms with Crippen molar-refractivity contribution in [1.29, 1.82) is 0 Å². The van der Waals surface area contributed by atoms with Gasteiger partial charge in [-0.25, -0.2) is 0 Å². The fourth-order valence-electron chi connectivity index (χ4n) is 1.37. The Balaban J connectivity index is 2.74. The summed E-state index contributed by atoms with van der Waals surface area (Å²) in [6, 6.07) is 3.97. The molecule has 0 aliphatic rings. The highest BCUT2D eigenvalue weighted by Gasteiger charge is 2.33. The van der Waals surface area contributed by atoms with Gasteiger partial charge in [-0.1, -0.05) is 15.9 Å². The molecule has 0 saturated carbocycles. The first-order valence-electron chi connectivity index (χ1n) is 5.42. The van der Waals surface area contributed by atoms with Crippen LogP contribution < -0.4 is 5.32 Å². The summed E-state index contributed by atoms with van der Waals surface area (Å²) >= 11 is 2.88. The van der Waals surface area contributed by atoms with Crippen LogP contribution in [0.3, 0.4) is 0 Å². The summed E-state index contributed by atoms with van der Waals surface area (Å²) in [6.45, 7) is 3.71. The Morgan fingerprint density at radius 2 is 1.89 bits per heavy atom. The molecule has 2 nitrogen and oxygen atoms in total. The first-order valence-corrected chi connectivity index (χ1v) is 6.22. The topological polar surface area (TPSA) is 32.3 Å². The number of nitrogens with one attached hydrogen (secondary N) is 1. The highest BCUT2D eigenvalue weighted by Crippen LogP contribution is 2.36. The third-order valence-corrected chi connectivity index (χ3v) is 3.03. The van der Waals surface area contributed by atoms with Gasteiger partial charge in [-0.2, -0.15) is 13.2 Å². The predicted octanol–water partition coefficient (Wildman–Crippen LogP) is 4.04. The van der Waals surface area contributed by atoms with E-state index in [9.17, 15) is 18.3 Å². The maximum absolute atomic E-state index is 12.6. The van der Waals surface area contributed by atoms with Crippen LogP contribution in [0.25, 0.3) is 0 Å². The van der Waals surface area contributed by atoms with Gasteiger partial charge in [0, 0.05) is 16.7 Å². The van der Waals surface area contributed by atoms with Gasteiger partial charge >= 0.3 is 6.18 Å². The highest BCUT2D eigenvalue weighted by molar-refractivity contribution is 9.10. The SMILES string of the molecule is CC(C)(O)CCNc1ccc(Br)c(C(F)(F)F)c1.